The third kappa shape index (κ3) is 19.0. The maximum absolute atomic E-state index is 10.9. The Labute approximate surface area is 747 Å². The van der Waals surface area contributed by atoms with Crippen molar-refractivity contribution in [2.24, 2.45) is 0 Å². The van der Waals surface area contributed by atoms with Crippen LogP contribution in [0.25, 0.3) is 137 Å². The summed E-state index contributed by atoms with van der Waals surface area (Å²) >= 11 is 0. The first kappa shape index (κ1) is 91.0. The number of rotatable bonds is 17. The molecule has 0 saturated heterocycles. The molecule has 0 amide bonds. The average Bonchev–Trinajstić information content (AvgIpc) is 0.754. The number of aryl methyl sites for hydroxylation is 2. The zero-order valence-corrected chi connectivity index (χ0v) is 72.3. The molecule has 12 aromatic carbocycles. The highest BCUT2D eigenvalue weighted by molar-refractivity contribution is 5.82. The van der Waals surface area contributed by atoms with Gasteiger partial charge in [-0.15, -0.1) is 0 Å². The molecule has 0 unspecified atom stereocenters. The number of aromatic hydroxyl groups is 17. The second-order valence-electron chi connectivity index (χ2n) is 29.6. The summed E-state index contributed by atoms with van der Waals surface area (Å²) in [6.07, 6.45) is 0. The van der Waals surface area contributed by atoms with Crippen molar-refractivity contribution in [3.8, 4) is 263 Å². The molecule has 34 nitrogen and oxygen atoms in total. The van der Waals surface area contributed by atoms with Crippen LogP contribution in [-0.2, 0) is 0 Å². The van der Waals surface area contributed by atoms with E-state index < -0.39 is 0 Å². The van der Waals surface area contributed by atoms with Crippen LogP contribution in [0.3, 0.4) is 0 Å². The summed E-state index contributed by atoms with van der Waals surface area (Å²) in [6.45, 7) is 13.7. The Morgan fingerprint density at radius 3 is 0.664 bits per heavy atom. The van der Waals surface area contributed by atoms with Crippen molar-refractivity contribution < 1.29 is 110 Å². The Hall–Kier alpha value is -17.7. The summed E-state index contributed by atoms with van der Waals surface area (Å²) in [5, 5.41) is 175. The summed E-state index contributed by atoms with van der Waals surface area (Å²) < 4.78 is 26.5. The standard InChI is InChI=1S/C27H27N3O5.C25H23N3O5.C24H21N3O6.C21H15N3O6/c1-13-7-8-17(22(31)14(13)2)25-28-26(18-9-11-20(34-5)15(3)23(18)32)30-27(29-25)19-10-12-21(35-6)16(4)24(19)33;1-14-5-8-19(22(11-14)33-4)25-27-23(17-9-6-15(31-2)12-20(17)29)26-24(28-25)18-10-7-16(32-3)13-21(18)30;1-10-16(28)7-4-13(19(10)31)22-25-23(14-5-8-17(29)11(2)20(14)32)27-24(26-22)15-6-9-18(30)12(3)21(15)33;25-10-1-4-13(16(28)7-10)19-22-20(14-5-2-11(26)8-17(14)29)24-21(23-19)15-6-3-12(27)9-18(15)30/h7-12,31-33H,1-6H3;5-13,29-30H,1-4H3;4-9,28-33H,1-3H3;1-9,25-30H. The molecule has 131 heavy (non-hydrogen) atoms. The minimum Gasteiger partial charge on any atom is -0.508 e. The van der Waals surface area contributed by atoms with Gasteiger partial charge >= 0.3 is 0 Å². The summed E-state index contributed by atoms with van der Waals surface area (Å²) in [4.78, 5) is 53.6. The number of nitrogens with zero attached hydrogens (tertiary/aromatic N) is 12. The summed E-state index contributed by atoms with van der Waals surface area (Å²) in [7, 11) is 7.66. The number of phenols is 17. The summed E-state index contributed by atoms with van der Waals surface area (Å²) in [6, 6.07) is 45.8. The minimum atomic E-state index is -0.289. The lowest BCUT2D eigenvalue weighted by molar-refractivity contribution is 0.403. The van der Waals surface area contributed by atoms with Crippen molar-refractivity contribution in [3.05, 3.63) is 226 Å². The van der Waals surface area contributed by atoms with Crippen LogP contribution in [0.2, 0.25) is 0 Å². The molecule has 666 valence electrons. The van der Waals surface area contributed by atoms with Crippen LogP contribution in [0.1, 0.15) is 44.5 Å². The van der Waals surface area contributed by atoms with Gasteiger partial charge in [-0.05, 0) is 212 Å². The van der Waals surface area contributed by atoms with E-state index in [0.717, 1.165) is 29.3 Å². The third-order valence-corrected chi connectivity index (χ3v) is 21.3. The smallest absolute Gasteiger partial charge is 0.167 e. The molecule has 0 spiro atoms. The molecule has 17 N–H and O–H groups in total. The fourth-order valence-electron chi connectivity index (χ4n) is 13.5. The van der Waals surface area contributed by atoms with Gasteiger partial charge in [0.15, 0.2) is 69.9 Å². The lowest BCUT2D eigenvalue weighted by Crippen LogP contribution is -2.02. The molecule has 0 radical (unpaired) electrons. The Balaban J connectivity index is 0.000000149. The number of methoxy groups -OCH3 is 5. The lowest BCUT2D eigenvalue weighted by Gasteiger charge is -2.15. The highest BCUT2D eigenvalue weighted by Crippen LogP contribution is 2.47. The maximum Gasteiger partial charge on any atom is 0.167 e. The first-order valence-electron chi connectivity index (χ1n) is 39.6. The molecule has 0 fully saturated rings. The SMILES string of the molecule is COc1ccc(-c2nc(-c3ccc(C)c(C)c3O)nc(-c3ccc(OC)c(C)c3O)n2)c(O)c1C.COc1ccc(-c2nc(-c3ccc(OC)cc3O)nc(-c3ccc(C)cc3OC)n2)c(O)c1.Cc1c(O)ccc(-c2nc(-c3ccc(O)c(C)c3O)nc(-c3ccc(O)c(C)c3O)n2)c1O.Oc1ccc(-c2nc(-c3ccc(O)cc3O)nc(-c3ccc(O)cc3O)n2)c(O)c1. The van der Waals surface area contributed by atoms with E-state index in [1.807, 2.05) is 45.0 Å². The van der Waals surface area contributed by atoms with Crippen molar-refractivity contribution >= 4 is 0 Å². The number of benzene rings is 12. The molecule has 0 aliphatic heterocycles. The zero-order chi connectivity index (χ0) is 94.4. The second-order valence-corrected chi connectivity index (χ2v) is 29.6. The number of phenolic OH excluding ortho intramolecular Hbond substituents is 17. The number of hydrogen-bond acceptors (Lipinski definition) is 34. The van der Waals surface area contributed by atoms with Gasteiger partial charge in [0.25, 0.3) is 0 Å². The fraction of sp³-hybridized carbons (Fsp3) is 0.134. The molecule has 4 heterocycles. The van der Waals surface area contributed by atoms with E-state index in [9.17, 15) is 86.8 Å². The van der Waals surface area contributed by atoms with Gasteiger partial charge in [0, 0.05) is 58.1 Å². The van der Waals surface area contributed by atoms with E-state index in [1.54, 1.807) is 75.6 Å². The van der Waals surface area contributed by atoms with Gasteiger partial charge in [-0.3, -0.25) is 0 Å². The molecule has 0 bridgehead atoms. The van der Waals surface area contributed by atoms with E-state index in [-0.39, 0.29) is 212 Å². The van der Waals surface area contributed by atoms with Crippen molar-refractivity contribution in [1.29, 1.82) is 0 Å². The summed E-state index contributed by atoms with van der Waals surface area (Å²) in [5.41, 5.74) is 8.06. The van der Waals surface area contributed by atoms with Crippen molar-refractivity contribution in [2.45, 2.75) is 55.4 Å². The average molecular weight is 1770 g/mol. The van der Waals surface area contributed by atoms with E-state index in [1.165, 1.54) is 134 Å². The number of hydrogen-bond donors (Lipinski definition) is 17. The molecule has 0 aliphatic rings. The van der Waals surface area contributed by atoms with Gasteiger partial charge in [0.1, 0.15) is 126 Å². The van der Waals surface area contributed by atoms with Gasteiger partial charge in [-0.1, -0.05) is 12.1 Å². The van der Waals surface area contributed by atoms with E-state index in [4.69, 9.17) is 23.7 Å². The predicted octanol–water partition coefficient (Wildman–Crippen LogP) is 17.0. The van der Waals surface area contributed by atoms with Crippen LogP contribution in [0, 0.1) is 55.4 Å². The highest BCUT2D eigenvalue weighted by Gasteiger charge is 2.28. The van der Waals surface area contributed by atoms with Gasteiger partial charge in [-0.2, -0.15) is 0 Å². The molecular formula is C97H86N12O22. The first-order valence-corrected chi connectivity index (χ1v) is 39.6. The van der Waals surface area contributed by atoms with Crippen LogP contribution < -0.4 is 23.7 Å². The Kier molecular flexibility index (Phi) is 26.4. The van der Waals surface area contributed by atoms with Crippen LogP contribution in [-0.4, -0.2) is 182 Å². The largest absolute Gasteiger partial charge is 0.508 e. The molecule has 0 aliphatic carbocycles. The second kappa shape index (κ2) is 38.0. The van der Waals surface area contributed by atoms with E-state index >= 15 is 0 Å². The Morgan fingerprint density at radius 2 is 0.397 bits per heavy atom. The van der Waals surface area contributed by atoms with E-state index in [2.05, 4.69) is 59.8 Å². The van der Waals surface area contributed by atoms with Crippen LogP contribution in [0.5, 0.6) is 126 Å². The topological polar surface area (TPSA) is 545 Å². The van der Waals surface area contributed by atoms with Crippen molar-refractivity contribution in [3.63, 3.8) is 0 Å². The molecule has 16 aromatic rings. The van der Waals surface area contributed by atoms with Crippen molar-refractivity contribution in [1.82, 2.24) is 59.8 Å². The summed E-state index contributed by atoms with van der Waals surface area (Å²) in [5.74, 6) is 1.58. The first-order chi connectivity index (χ1) is 62.5. The number of ether oxygens (including phenoxy) is 5. The third-order valence-electron chi connectivity index (χ3n) is 21.3. The minimum absolute atomic E-state index is 0.00690. The van der Waals surface area contributed by atoms with Gasteiger partial charge < -0.3 is 110 Å². The normalized spacial score (nSPS) is 10.8. The molecule has 34 heteroatoms. The van der Waals surface area contributed by atoms with Gasteiger partial charge in [0.05, 0.1) is 102 Å². The zero-order valence-electron chi connectivity index (χ0n) is 72.3. The van der Waals surface area contributed by atoms with Gasteiger partial charge in [0.2, 0.25) is 0 Å². The molecule has 0 atom stereocenters. The monoisotopic (exact) mass is 1770 g/mol. The van der Waals surface area contributed by atoms with Gasteiger partial charge in [-0.25, -0.2) is 59.8 Å². The van der Waals surface area contributed by atoms with Crippen molar-refractivity contribution in [2.75, 3.05) is 35.5 Å². The highest BCUT2D eigenvalue weighted by atomic mass is 16.5. The Morgan fingerprint density at radius 1 is 0.176 bits per heavy atom. The quantitative estimate of drug-likeness (QED) is 0.0402. The number of aromatic nitrogens is 12. The fourth-order valence-corrected chi connectivity index (χ4v) is 13.5. The predicted molar refractivity (Wildman–Crippen MR) is 483 cm³/mol. The lowest BCUT2D eigenvalue weighted by atomic mass is 10.0. The van der Waals surface area contributed by atoms with Crippen LogP contribution in [0.4, 0.5) is 0 Å². The van der Waals surface area contributed by atoms with Crippen LogP contribution >= 0.6 is 0 Å². The molecule has 16 rings (SSSR count). The maximum atomic E-state index is 10.9. The Bertz CT molecular complexity index is 6640. The molecule has 0 saturated carbocycles. The molecular weight excluding hydrogens is 1690 g/mol. The molecule has 4 aromatic heterocycles. The van der Waals surface area contributed by atoms with E-state index in [0.29, 0.717) is 84.6 Å². The van der Waals surface area contributed by atoms with Crippen LogP contribution in [0.15, 0.2) is 182 Å².